The van der Waals surface area contributed by atoms with Crippen molar-refractivity contribution in [1.29, 1.82) is 0 Å². The number of hydrogen-bond acceptors (Lipinski definition) is 5. The van der Waals surface area contributed by atoms with E-state index in [1.165, 1.54) is 0 Å². The largest absolute Gasteiger partial charge is 0.462 e. The minimum Gasteiger partial charge on any atom is -0.462 e. The monoisotopic (exact) mass is 354 g/mol. The number of ether oxygens (including phenoxy) is 1. The van der Waals surface area contributed by atoms with E-state index in [1.807, 2.05) is 6.92 Å². The first kappa shape index (κ1) is 18.5. The number of nitrogens with one attached hydrogen (secondary N) is 2. The standard InChI is InChI=1S/C16H22N4O3.ClH/c1-3-11-14(16(22)23-4-2)15-18-13(21)9-12(20(15)19-11)10-5-7-17-8-6-10;/h9-10,17H,3-8H2,1-2H3,(H,18,21);1H. The molecule has 132 valence electrons. The molecule has 0 spiro atoms. The molecule has 1 saturated heterocycles. The molecule has 24 heavy (non-hydrogen) atoms. The lowest BCUT2D eigenvalue weighted by Gasteiger charge is -2.23. The Morgan fingerprint density at radius 1 is 1.38 bits per heavy atom. The number of rotatable bonds is 4. The van der Waals surface area contributed by atoms with Crippen LogP contribution in [0.1, 0.15) is 54.4 Å². The molecular weight excluding hydrogens is 332 g/mol. The lowest BCUT2D eigenvalue weighted by atomic mass is 9.94. The second-order valence-corrected chi connectivity index (χ2v) is 5.74. The molecule has 8 heteroatoms. The zero-order valence-corrected chi connectivity index (χ0v) is 14.7. The van der Waals surface area contributed by atoms with Gasteiger partial charge in [0.15, 0.2) is 5.65 Å². The maximum atomic E-state index is 12.3. The Bertz CT molecular complexity index is 777. The molecule has 7 nitrogen and oxygen atoms in total. The predicted octanol–water partition coefficient (Wildman–Crippen LogP) is 1.65. The molecule has 2 aromatic heterocycles. The molecule has 0 bridgehead atoms. The fourth-order valence-electron chi connectivity index (χ4n) is 3.19. The first-order valence-corrected chi connectivity index (χ1v) is 8.18. The van der Waals surface area contributed by atoms with Crippen LogP contribution in [0.4, 0.5) is 0 Å². The number of halogens is 1. The van der Waals surface area contributed by atoms with E-state index in [-0.39, 0.29) is 30.5 Å². The Labute approximate surface area is 146 Å². The Morgan fingerprint density at radius 3 is 2.71 bits per heavy atom. The van der Waals surface area contributed by atoms with Gasteiger partial charge in [0, 0.05) is 12.0 Å². The van der Waals surface area contributed by atoms with Crippen molar-refractivity contribution >= 4 is 24.0 Å². The van der Waals surface area contributed by atoms with Gasteiger partial charge in [0.1, 0.15) is 5.56 Å². The van der Waals surface area contributed by atoms with Crippen molar-refractivity contribution in [2.24, 2.45) is 0 Å². The topological polar surface area (TPSA) is 88.5 Å². The number of nitrogens with zero attached hydrogens (tertiary/aromatic N) is 2. The van der Waals surface area contributed by atoms with E-state index in [0.29, 0.717) is 23.3 Å². The average molecular weight is 355 g/mol. The maximum absolute atomic E-state index is 12.3. The highest BCUT2D eigenvalue weighted by atomic mass is 35.5. The molecular formula is C16H23ClN4O3. The van der Waals surface area contributed by atoms with Gasteiger partial charge in [-0.15, -0.1) is 12.4 Å². The van der Waals surface area contributed by atoms with Gasteiger partial charge in [-0.3, -0.25) is 4.79 Å². The van der Waals surface area contributed by atoms with Gasteiger partial charge in [-0.25, -0.2) is 9.31 Å². The summed E-state index contributed by atoms with van der Waals surface area (Å²) in [4.78, 5) is 27.2. The summed E-state index contributed by atoms with van der Waals surface area (Å²) in [5.74, 6) is -0.168. The number of piperidine rings is 1. The van der Waals surface area contributed by atoms with E-state index >= 15 is 0 Å². The van der Waals surface area contributed by atoms with Gasteiger partial charge in [-0.05, 0) is 39.3 Å². The van der Waals surface area contributed by atoms with Crippen LogP contribution in [-0.4, -0.2) is 40.3 Å². The number of esters is 1. The van der Waals surface area contributed by atoms with Crippen molar-refractivity contribution in [3.8, 4) is 0 Å². The van der Waals surface area contributed by atoms with Gasteiger partial charge in [-0.1, -0.05) is 6.92 Å². The summed E-state index contributed by atoms with van der Waals surface area (Å²) in [6, 6.07) is 1.60. The van der Waals surface area contributed by atoms with Crippen molar-refractivity contribution in [3.63, 3.8) is 0 Å². The fourth-order valence-corrected chi connectivity index (χ4v) is 3.19. The predicted molar refractivity (Wildman–Crippen MR) is 93.2 cm³/mol. The van der Waals surface area contributed by atoms with E-state index < -0.39 is 5.97 Å². The fraction of sp³-hybridized carbons (Fsp3) is 0.562. The minimum absolute atomic E-state index is 0. The van der Waals surface area contributed by atoms with E-state index in [9.17, 15) is 9.59 Å². The highest BCUT2D eigenvalue weighted by molar-refractivity contribution is 5.97. The van der Waals surface area contributed by atoms with E-state index in [1.54, 1.807) is 17.5 Å². The summed E-state index contributed by atoms with van der Waals surface area (Å²) in [6.45, 7) is 5.83. The zero-order chi connectivity index (χ0) is 16.4. The van der Waals surface area contributed by atoms with Crippen LogP contribution < -0.4 is 10.9 Å². The lowest BCUT2D eigenvalue weighted by molar-refractivity contribution is 0.0527. The quantitative estimate of drug-likeness (QED) is 0.815. The van der Waals surface area contributed by atoms with Gasteiger partial charge in [0.05, 0.1) is 18.0 Å². The third kappa shape index (κ3) is 3.32. The molecule has 1 aliphatic heterocycles. The van der Waals surface area contributed by atoms with E-state index in [4.69, 9.17) is 4.74 Å². The molecule has 3 heterocycles. The summed E-state index contributed by atoms with van der Waals surface area (Å²) >= 11 is 0. The molecule has 2 aromatic rings. The highest BCUT2D eigenvalue weighted by Gasteiger charge is 2.25. The normalized spacial score (nSPS) is 15.2. The molecule has 3 rings (SSSR count). The van der Waals surface area contributed by atoms with Crippen molar-refractivity contribution in [2.75, 3.05) is 19.7 Å². The Morgan fingerprint density at radius 2 is 2.08 bits per heavy atom. The van der Waals surface area contributed by atoms with Gasteiger partial charge < -0.3 is 15.0 Å². The summed E-state index contributed by atoms with van der Waals surface area (Å²) in [6.07, 6.45) is 2.51. The van der Waals surface area contributed by atoms with Crippen molar-refractivity contribution in [1.82, 2.24) is 19.9 Å². The minimum atomic E-state index is -0.433. The van der Waals surface area contributed by atoms with Crippen LogP contribution in [-0.2, 0) is 11.2 Å². The van der Waals surface area contributed by atoms with Crippen LogP contribution >= 0.6 is 12.4 Å². The number of carbonyl (C=O) groups excluding carboxylic acids is 1. The molecule has 1 aliphatic rings. The maximum Gasteiger partial charge on any atom is 0.343 e. The van der Waals surface area contributed by atoms with Gasteiger partial charge in [-0.2, -0.15) is 5.10 Å². The summed E-state index contributed by atoms with van der Waals surface area (Å²) < 4.78 is 6.86. The van der Waals surface area contributed by atoms with Crippen LogP contribution in [0.15, 0.2) is 10.9 Å². The van der Waals surface area contributed by atoms with Crippen molar-refractivity contribution < 1.29 is 9.53 Å². The molecule has 0 atom stereocenters. The van der Waals surface area contributed by atoms with Gasteiger partial charge in [0.25, 0.3) is 5.56 Å². The third-order valence-electron chi connectivity index (χ3n) is 4.29. The van der Waals surface area contributed by atoms with E-state index in [0.717, 1.165) is 31.6 Å². The zero-order valence-electron chi connectivity index (χ0n) is 13.9. The number of aryl methyl sites for hydroxylation is 1. The molecule has 0 amide bonds. The molecule has 0 aliphatic carbocycles. The van der Waals surface area contributed by atoms with Crippen LogP contribution in [0.2, 0.25) is 0 Å². The van der Waals surface area contributed by atoms with Crippen molar-refractivity contribution in [3.05, 3.63) is 33.4 Å². The van der Waals surface area contributed by atoms with Crippen LogP contribution in [0, 0.1) is 0 Å². The lowest BCUT2D eigenvalue weighted by Crippen LogP contribution is -2.28. The number of fused-ring (bicyclic) bond motifs is 1. The molecule has 0 aromatic carbocycles. The molecule has 0 saturated carbocycles. The summed E-state index contributed by atoms with van der Waals surface area (Å²) in [5.41, 5.74) is 2.14. The first-order valence-electron chi connectivity index (χ1n) is 8.18. The number of carbonyl (C=O) groups is 1. The second kappa shape index (κ2) is 7.81. The molecule has 0 unspecified atom stereocenters. The highest BCUT2D eigenvalue weighted by Crippen LogP contribution is 2.26. The average Bonchev–Trinajstić information content (AvgIpc) is 2.93. The number of hydrogen-bond donors (Lipinski definition) is 2. The smallest absolute Gasteiger partial charge is 0.343 e. The molecule has 0 radical (unpaired) electrons. The SMILES string of the molecule is CCOC(=O)c1c(CC)nn2c(C3CCNCC3)cc(=O)[nH]c12.Cl. The first-order chi connectivity index (χ1) is 11.2. The second-order valence-electron chi connectivity index (χ2n) is 5.74. The molecule has 1 fully saturated rings. The van der Waals surface area contributed by atoms with Gasteiger partial charge in [0.2, 0.25) is 0 Å². The van der Waals surface area contributed by atoms with Gasteiger partial charge >= 0.3 is 5.97 Å². The third-order valence-corrected chi connectivity index (χ3v) is 4.29. The van der Waals surface area contributed by atoms with Crippen LogP contribution in [0.3, 0.4) is 0 Å². The number of H-pyrrole nitrogens is 1. The number of aromatic amines is 1. The Hall–Kier alpha value is -1.86. The number of aromatic nitrogens is 3. The molecule has 2 N–H and O–H groups in total. The Balaban J connectivity index is 0.00000208. The van der Waals surface area contributed by atoms with Crippen molar-refractivity contribution in [2.45, 2.75) is 39.0 Å². The van der Waals surface area contributed by atoms with Crippen LogP contribution in [0.5, 0.6) is 0 Å². The van der Waals surface area contributed by atoms with E-state index in [2.05, 4.69) is 15.4 Å². The summed E-state index contributed by atoms with van der Waals surface area (Å²) in [7, 11) is 0. The Kier molecular flexibility index (Phi) is 6.01. The van der Waals surface area contributed by atoms with Crippen LogP contribution in [0.25, 0.3) is 5.65 Å². The summed E-state index contributed by atoms with van der Waals surface area (Å²) in [5, 5.41) is 7.90.